The molecule has 2 aromatic heterocycles. The van der Waals surface area contributed by atoms with Crippen LogP contribution in [0.4, 0.5) is 5.82 Å². The quantitative estimate of drug-likeness (QED) is 0.806. The molecule has 0 fully saturated rings. The Kier molecular flexibility index (Phi) is 2.66. The maximum Gasteiger partial charge on any atom is 0.129 e. The van der Waals surface area contributed by atoms with Gasteiger partial charge >= 0.3 is 0 Å². The second-order valence-electron chi connectivity index (χ2n) is 3.30. The molecule has 15 heavy (non-hydrogen) atoms. The summed E-state index contributed by atoms with van der Waals surface area (Å²) in [5.74, 6) is 0.348. The van der Waals surface area contributed by atoms with Gasteiger partial charge in [-0.05, 0) is 18.6 Å². The molecule has 1 unspecified atom stereocenters. The van der Waals surface area contributed by atoms with Crippen LogP contribution in [0, 0.1) is 6.92 Å². The third-order valence-electron chi connectivity index (χ3n) is 2.11. The Morgan fingerprint density at radius 3 is 2.93 bits per heavy atom. The summed E-state index contributed by atoms with van der Waals surface area (Å²) in [6.45, 7) is 1.91. The number of aryl methyl sites for hydroxylation is 1. The molecule has 1 atom stereocenters. The predicted octanol–water partition coefficient (Wildman–Crippen LogP) is 1.51. The number of anilines is 1. The number of nitrogens with two attached hydrogens (primary N) is 1. The molecule has 3 N–H and O–H groups in total. The monoisotopic (exact) mass is 221 g/mol. The number of nitrogens with zero attached hydrogens (tertiary/aromatic N) is 2. The van der Waals surface area contributed by atoms with E-state index in [1.54, 1.807) is 17.1 Å². The summed E-state index contributed by atoms with van der Waals surface area (Å²) in [6, 6.07) is 1.83. The lowest BCUT2D eigenvalue weighted by molar-refractivity contribution is 0.216. The number of thiazole rings is 1. The molecule has 0 aromatic carbocycles. The number of hydrogen-bond donors (Lipinski definition) is 2. The Morgan fingerprint density at radius 1 is 1.47 bits per heavy atom. The van der Waals surface area contributed by atoms with Crippen molar-refractivity contribution < 1.29 is 5.11 Å². The van der Waals surface area contributed by atoms with Crippen LogP contribution >= 0.6 is 11.3 Å². The van der Waals surface area contributed by atoms with Gasteiger partial charge in [-0.2, -0.15) is 0 Å². The van der Waals surface area contributed by atoms with Crippen LogP contribution in [0.2, 0.25) is 0 Å². The summed E-state index contributed by atoms with van der Waals surface area (Å²) >= 11 is 1.44. The van der Waals surface area contributed by atoms with Crippen molar-refractivity contribution in [1.29, 1.82) is 0 Å². The number of aliphatic hydroxyl groups is 1. The molecule has 0 radical (unpaired) electrons. The van der Waals surface area contributed by atoms with Crippen LogP contribution in [0.25, 0.3) is 0 Å². The van der Waals surface area contributed by atoms with E-state index in [4.69, 9.17) is 5.73 Å². The van der Waals surface area contributed by atoms with Crippen molar-refractivity contribution in [3.8, 4) is 0 Å². The van der Waals surface area contributed by atoms with E-state index >= 15 is 0 Å². The zero-order chi connectivity index (χ0) is 10.8. The molecule has 78 valence electrons. The van der Waals surface area contributed by atoms with E-state index in [1.807, 2.05) is 13.0 Å². The Labute approximate surface area is 91.4 Å². The highest BCUT2D eigenvalue weighted by Crippen LogP contribution is 2.25. The molecular weight excluding hydrogens is 210 g/mol. The van der Waals surface area contributed by atoms with Crippen molar-refractivity contribution in [1.82, 2.24) is 9.97 Å². The lowest BCUT2D eigenvalue weighted by Gasteiger charge is -2.10. The van der Waals surface area contributed by atoms with E-state index < -0.39 is 6.10 Å². The van der Waals surface area contributed by atoms with Crippen LogP contribution in [0.1, 0.15) is 22.9 Å². The first-order chi connectivity index (χ1) is 7.18. The minimum atomic E-state index is -0.788. The molecule has 0 bridgehead atoms. The van der Waals surface area contributed by atoms with Gasteiger partial charge in [0.1, 0.15) is 11.9 Å². The van der Waals surface area contributed by atoms with Crippen molar-refractivity contribution in [2.45, 2.75) is 13.0 Å². The minimum Gasteiger partial charge on any atom is -0.383 e. The van der Waals surface area contributed by atoms with Gasteiger partial charge in [0.15, 0.2) is 0 Å². The van der Waals surface area contributed by atoms with E-state index in [9.17, 15) is 5.11 Å². The van der Waals surface area contributed by atoms with E-state index in [-0.39, 0.29) is 0 Å². The Hall–Kier alpha value is -1.46. The van der Waals surface area contributed by atoms with E-state index in [2.05, 4.69) is 9.97 Å². The molecule has 0 aliphatic rings. The van der Waals surface area contributed by atoms with Crippen molar-refractivity contribution in [2.75, 3.05) is 5.73 Å². The van der Waals surface area contributed by atoms with Gasteiger partial charge in [-0.1, -0.05) is 0 Å². The largest absolute Gasteiger partial charge is 0.383 e. The van der Waals surface area contributed by atoms with Crippen LogP contribution in [0.3, 0.4) is 0 Å². The lowest BCUT2D eigenvalue weighted by atomic mass is 10.1. The maximum atomic E-state index is 10.0. The van der Waals surface area contributed by atoms with Crippen LogP contribution in [0.5, 0.6) is 0 Å². The summed E-state index contributed by atoms with van der Waals surface area (Å²) < 4.78 is 0. The Morgan fingerprint density at radius 2 is 2.27 bits per heavy atom. The van der Waals surface area contributed by atoms with Gasteiger partial charge < -0.3 is 10.8 Å². The number of hydrogen-bond acceptors (Lipinski definition) is 5. The van der Waals surface area contributed by atoms with E-state index in [0.717, 1.165) is 5.56 Å². The molecular formula is C10H11N3OS. The van der Waals surface area contributed by atoms with Crippen LogP contribution < -0.4 is 5.73 Å². The summed E-state index contributed by atoms with van der Waals surface area (Å²) in [5, 5.41) is 11.8. The molecule has 0 aliphatic carbocycles. The molecule has 2 rings (SSSR count). The van der Waals surface area contributed by atoms with Gasteiger partial charge in [-0.15, -0.1) is 11.3 Å². The van der Waals surface area contributed by atoms with Crippen molar-refractivity contribution >= 4 is 17.2 Å². The molecule has 2 aromatic rings. The summed E-state index contributed by atoms with van der Waals surface area (Å²) in [7, 11) is 0. The van der Waals surface area contributed by atoms with Crippen molar-refractivity contribution in [2.24, 2.45) is 0 Å². The molecule has 0 amide bonds. The van der Waals surface area contributed by atoms with E-state index in [1.165, 1.54) is 11.3 Å². The van der Waals surface area contributed by atoms with Crippen molar-refractivity contribution in [3.05, 3.63) is 40.0 Å². The highest BCUT2D eigenvalue weighted by atomic mass is 32.1. The second kappa shape index (κ2) is 3.96. The van der Waals surface area contributed by atoms with Crippen LogP contribution in [0.15, 0.2) is 23.2 Å². The van der Waals surface area contributed by atoms with Gasteiger partial charge in [0, 0.05) is 17.1 Å². The van der Waals surface area contributed by atoms with Crippen LogP contribution in [-0.4, -0.2) is 15.1 Å². The minimum absolute atomic E-state index is 0.348. The van der Waals surface area contributed by atoms with Gasteiger partial charge in [0.05, 0.1) is 11.2 Å². The standard InChI is InChI=1S/C10H11N3OS/c1-6-2-7(10(11)12-3-6)9(14)8-4-15-5-13-8/h2-5,9,14H,1H3,(H2,11,12). The van der Waals surface area contributed by atoms with E-state index in [0.29, 0.717) is 17.1 Å². The second-order valence-corrected chi connectivity index (χ2v) is 4.02. The SMILES string of the molecule is Cc1cnc(N)c(C(O)c2cscn2)c1. The van der Waals surface area contributed by atoms with Crippen molar-refractivity contribution in [3.63, 3.8) is 0 Å². The number of aliphatic hydroxyl groups excluding tert-OH is 1. The fourth-order valence-corrected chi connectivity index (χ4v) is 1.91. The molecule has 5 heteroatoms. The Balaban J connectivity index is 2.41. The molecule has 0 saturated heterocycles. The number of pyridine rings is 1. The average Bonchev–Trinajstić information content (AvgIpc) is 2.74. The summed E-state index contributed by atoms with van der Waals surface area (Å²) in [4.78, 5) is 8.05. The summed E-state index contributed by atoms with van der Waals surface area (Å²) in [5.41, 5.74) is 9.57. The zero-order valence-electron chi connectivity index (χ0n) is 8.21. The normalized spacial score (nSPS) is 12.7. The fourth-order valence-electron chi connectivity index (χ4n) is 1.34. The number of nitrogen functional groups attached to an aromatic ring is 1. The van der Waals surface area contributed by atoms with Crippen LogP contribution in [-0.2, 0) is 0 Å². The highest BCUT2D eigenvalue weighted by Gasteiger charge is 2.15. The van der Waals surface area contributed by atoms with Gasteiger partial charge in [0.2, 0.25) is 0 Å². The number of aromatic nitrogens is 2. The average molecular weight is 221 g/mol. The molecule has 0 spiro atoms. The fraction of sp³-hybridized carbons (Fsp3) is 0.200. The maximum absolute atomic E-state index is 10.0. The van der Waals surface area contributed by atoms with Gasteiger partial charge in [-0.25, -0.2) is 9.97 Å². The predicted molar refractivity (Wildman–Crippen MR) is 59.6 cm³/mol. The number of rotatable bonds is 2. The first-order valence-electron chi connectivity index (χ1n) is 4.46. The molecule has 0 saturated carbocycles. The van der Waals surface area contributed by atoms with Gasteiger partial charge in [0.25, 0.3) is 0 Å². The van der Waals surface area contributed by atoms with Gasteiger partial charge in [-0.3, -0.25) is 0 Å². The summed E-state index contributed by atoms with van der Waals surface area (Å²) in [6.07, 6.45) is 0.885. The lowest BCUT2D eigenvalue weighted by Crippen LogP contribution is -2.06. The third-order valence-corrected chi connectivity index (χ3v) is 2.72. The molecule has 2 heterocycles. The zero-order valence-corrected chi connectivity index (χ0v) is 9.03. The Bertz CT molecular complexity index is 456. The topological polar surface area (TPSA) is 72.0 Å². The highest BCUT2D eigenvalue weighted by molar-refractivity contribution is 7.07. The molecule has 0 aliphatic heterocycles. The third kappa shape index (κ3) is 1.98. The molecule has 4 nitrogen and oxygen atoms in total. The first kappa shape index (κ1) is 10.1. The first-order valence-corrected chi connectivity index (χ1v) is 5.41. The smallest absolute Gasteiger partial charge is 0.129 e.